The molecule has 0 unspecified atom stereocenters. The second-order valence-electron chi connectivity index (χ2n) is 8.01. The highest BCUT2D eigenvalue weighted by atomic mass is 127. The molecule has 0 aliphatic carbocycles. The number of aromatic nitrogens is 1. The van der Waals surface area contributed by atoms with Gasteiger partial charge in [0.1, 0.15) is 11.9 Å². The Morgan fingerprint density at radius 3 is 2.52 bits per heavy atom. The number of hydrogen-bond donors (Lipinski definition) is 3. The zero-order valence-electron chi connectivity index (χ0n) is 19.1. The third kappa shape index (κ3) is 8.68. The van der Waals surface area contributed by atoms with Crippen LogP contribution in [0, 0.1) is 0 Å². The summed E-state index contributed by atoms with van der Waals surface area (Å²) in [5, 5.41) is 11.5. The minimum Gasteiger partial charge on any atom is -0.444 e. The number of ether oxygens (including phenoxy) is 1. The average molecular weight is 564 g/mol. The van der Waals surface area contributed by atoms with E-state index in [1.165, 1.54) is 0 Å². The van der Waals surface area contributed by atoms with Crippen molar-refractivity contribution in [2.75, 3.05) is 13.6 Å². The van der Waals surface area contributed by atoms with Crippen molar-refractivity contribution in [2.45, 2.75) is 65.1 Å². The van der Waals surface area contributed by atoms with Crippen LogP contribution in [-0.2, 0) is 11.3 Å². The van der Waals surface area contributed by atoms with Gasteiger partial charge < -0.3 is 25.1 Å². The lowest BCUT2D eigenvalue weighted by molar-refractivity contribution is 0.0448. The number of rotatable bonds is 8. The number of thiophene rings is 1. The molecule has 0 aliphatic heterocycles. The van der Waals surface area contributed by atoms with Crippen LogP contribution in [0.4, 0.5) is 4.79 Å². The molecule has 0 aromatic carbocycles. The van der Waals surface area contributed by atoms with Crippen LogP contribution in [0.2, 0.25) is 0 Å². The molecule has 0 fully saturated rings. The van der Waals surface area contributed by atoms with Gasteiger partial charge in [-0.25, -0.2) is 9.78 Å². The van der Waals surface area contributed by atoms with Gasteiger partial charge in [0.15, 0.2) is 5.96 Å². The van der Waals surface area contributed by atoms with E-state index in [0.717, 1.165) is 23.4 Å². The largest absolute Gasteiger partial charge is 0.444 e. The number of oxazole rings is 1. The fraction of sp³-hybridized carbons (Fsp3) is 0.571. The number of hydrogen-bond acceptors (Lipinski definition) is 6. The zero-order chi connectivity index (χ0) is 22.2. The molecule has 2 aromatic heterocycles. The molecule has 0 saturated carbocycles. The Morgan fingerprint density at radius 1 is 1.26 bits per heavy atom. The number of aliphatic imine (C=N–C) groups is 1. The second kappa shape index (κ2) is 12.3. The van der Waals surface area contributed by atoms with E-state index in [0.29, 0.717) is 24.9 Å². The highest BCUT2D eigenvalue weighted by Gasteiger charge is 2.30. The molecule has 2 heterocycles. The van der Waals surface area contributed by atoms with E-state index in [1.807, 2.05) is 52.1 Å². The standard InChI is InChI=1S/C21H33N5O3S.HI/c1-7-21(8-2,26-19(27)29-20(3,4)5)14-24-18(22-6)23-12-15-13-28-17(25-15)16-10-9-11-30-16;/h9-11,13H,7-8,12,14H2,1-6H3,(H,26,27)(H2,22,23,24);1H. The summed E-state index contributed by atoms with van der Waals surface area (Å²) in [7, 11) is 1.70. The predicted molar refractivity (Wildman–Crippen MR) is 136 cm³/mol. The first-order valence-electron chi connectivity index (χ1n) is 10.1. The lowest BCUT2D eigenvalue weighted by Gasteiger charge is -2.34. The van der Waals surface area contributed by atoms with Crippen LogP contribution in [0.15, 0.2) is 33.2 Å². The molecule has 0 radical (unpaired) electrons. The second-order valence-corrected chi connectivity index (χ2v) is 8.96. The van der Waals surface area contributed by atoms with E-state index in [1.54, 1.807) is 24.6 Å². The molecular weight excluding hydrogens is 529 g/mol. The molecule has 31 heavy (non-hydrogen) atoms. The SMILES string of the molecule is CCC(CC)(CNC(=NC)NCc1coc(-c2cccs2)n1)NC(=O)OC(C)(C)C.I. The van der Waals surface area contributed by atoms with E-state index in [4.69, 9.17) is 9.15 Å². The lowest BCUT2D eigenvalue weighted by Crippen LogP contribution is -2.57. The summed E-state index contributed by atoms with van der Waals surface area (Å²) in [6, 6.07) is 3.94. The highest BCUT2D eigenvalue weighted by molar-refractivity contribution is 14.0. The Bertz CT molecular complexity index is 826. The topological polar surface area (TPSA) is 101 Å². The molecule has 0 bridgehead atoms. The molecule has 174 valence electrons. The Kier molecular flexibility index (Phi) is 10.8. The summed E-state index contributed by atoms with van der Waals surface area (Å²) in [4.78, 5) is 22.0. The summed E-state index contributed by atoms with van der Waals surface area (Å²) < 4.78 is 11.0. The van der Waals surface area contributed by atoms with E-state index in [9.17, 15) is 4.79 Å². The normalized spacial score (nSPS) is 12.1. The van der Waals surface area contributed by atoms with E-state index >= 15 is 0 Å². The summed E-state index contributed by atoms with van der Waals surface area (Å²) in [6.45, 7) is 10.6. The maximum Gasteiger partial charge on any atom is 0.408 e. The van der Waals surface area contributed by atoms with Gasteiger partial charge in [-0.05, 0) is 45.1 Å². The monoisotopic (exact) mass is 563 g/mol. The van der Waals surface area contributed by atoms with E-state index in [2.05, 4.69) is 25.9 Å². The maximum atomic E-state index is 12.3. The number of halogens is 1. The number of nitrogens with one attached hydrogen (secondary N) is 3. The van der Waals surface area contributed by atoms with E-state index < -0.39 is 17.2 Å². The van der Waals surface area contributed by atoms with Crippen molar-refractivity contribution in [3.63, 3.8) is 0 Å². The van der Waals surface area contributed by atoms with Crippen LogP contribution in [-0.4, -0.2) is 41.8 Å². The van der Waals surface area contributed by atoms with Crippen LogP contribution in [0.5, 0.6) is 0 Å². The summed E-state index contributed by atoms with van der Waals surface area (Å²) in [6.07, 6.45) is 2.72. The molecule has 2 aromatic rings. The fourth-order valence-corrected chi connectivity index (χ4v) is 3.45. The lowest BCUT2D eigenvalue weighted by atomic mass is 9.93. The molecule has 0 aliphatic rings. The van der Waals surface area contributed by atoms with Crippen LogP contribution in [0.1, 0.15) is 53.2 Å². The molecule has 0 saturated heterocycles. The molecule has 2 rings (SSSR count). The van der Waals surface area contributed by atoms with Crippen LogP contribution >= 0.6 is 35.3 Å². The molecule has 10 heteroatoms. The van der Waals surface area contributed by atoms with Gasteiger partial charge in [0.05, 0.1) is 22.7 Å². The third-order valence-electron chi connectivity index (χ3n) is 4.66. The van der Waals surface area contributed by atoms with E-state index in [-0.39, 0.29) is 24.0 Å². The first-order valence-corrected chi connectivity index (χ1v) is 11.0. The summed E-state index contributed by atoms with van der Waals surface area (Å²) in [5.41, 5.74) is -0.201. The number of nitrogens with zero attached hydrogens (tertiary/aromatic N) is 2. The van der Waals surface area contributed by atoms with Gasteiger partial charge in [0, 0.05) is 13.6 Å². The predicted octanol–water partition coefficient (Wildman–Crippen LogP) is 4.77. The third-order valence-corrected chi connectivity index (χ3v) is 5.52. The zero-order valence-corrected chi connectivity index (χ0v) is 22.2. The summed E-state index contributed by atoms with van der Waals surface area (Å²) >= 11 is 1.58. The van der Waals surface area contributed by atoms with Crippen molar-refractivity contribution in [3.05, 3.63) is 29.5 Å². The number of amides is 1. The van der Waals surface area contributed by atoms with Crippen LogP contribution in [0.25, 0.3) is 10.8 Å². The van der Waals surface area contributed by atoms with Gasteiger partial charge >= 0.3 is 6.09 Å². The van der Waals surface area contributed by atoms with Crippen molar-refractivity contribution < 1.29 is 13.9 Å². The maximum absolute atomic E-state index is 12.3. The highest BCUT2D eigenvalue weighted by Crippen LogP contribution is 2.23. The van der Waals surface area contributed by atoms with Crippen molar-refractivity contribution in [2.24, 2.45) is 4.99 Å². The van der Waals surface area contributed by atoms with Crippen molar-refractivity contribution >= 4 is 47.4 Å². The molecule has 0 spiro atoms. The number of carbonyl (C=O) groups is 1. The molecule has 0 atom stereocenters. The first kappa shape index (κ1) is 27.2. The molecule has 3 N–H and O–H groups in total. The number of alkyl carbamates (subject to hydrolysis) is 1. The minimum atomic E-state index is -0.540. The quantitative estimate of drug-likeness (QED) is 0.243. The number of carbonyl (C=O) groups excluding carboxylic acids is 1. The van der Waals surface area contributed by atoms with Gasteiger partial charge in [-0.1, -0.05) is 19.9 Å². The average Bonchev–Trinajstić information content (AvgIpc) is 3.37. The van der Waals surface area contributed by atoms with Gasteiger partial charge in [-0.3, -0.25) is 4.99 Å². The fourth-order valence-electron chi connectivity index (χ4n) is 2.79. The van der Waals surface area contributed by atoms with Gasteiger partial charge in [-0.15, -0.1) is 35.3 Å². The first-order chi connectivity index (χ1) is 14.2. The Balaban J connectivity index is 0.00000480. The van der Waals surface area contributed by atoms with Gasteiger partial charge in [-0.2, -0.15) is 0 Å². The minimum absolute atomic E-state index is 0. The van der Waals surface area contributed by atoms with Crippen molar-refractivity contribution in [1.82, 2.24) is 20.9 Å². The van der Waals surface area contributed by atoms with Crippen molar-refractivity contribution in [1.29, 1.82) is 0 Å². The Hall–Kier alpha value is -1.82. The molecule has 1 amide bonds. The smallest absolute Gasteiger partial charge is 0.408 e. The Labute approximate surface area is 205 Å². The number of guanidine groups is 1. The van der Waals surface area contributed by atoms with Crippen LogP contribution < -0.4 is 16.0 Å². The van der Waals surface area contributed by atoms with Crippen LogP contribution in [0.3, 0.4) is 0 Å². The van der Waals surface area contributed by atoms with Gasteiger partial charge in [0.25, 0.3) is 0 Å². The molecule has 8 nitrogen and oxygen atoms in total. The van der Waals surface area contributed by atoms with Crippen molar-refractivity contribution in [3.8, 4) is 10.8 Å². The summed E-state index contributed by atoms with van der Waals surface area (Å²) in [5.74, 6) is 1.23. The molecular formula is C21H34IN5O3S. The Morgan fingerprint density at radius 2 is 1.97 bits per heavy atom. The van der Waals surface area contributed by atoms with Gasteiger partial charge in [0.2, 0.25) is 5.89 Å².